The van der Waals surface area contributed by atoms with Gasteiger partial charge in [0.2, 0.25) is 5.91 Å². The van der Waals surface area contributed by atoms with Crippen molar-refractivity contribution in [3.8, 4) is 0 Å². The molecule has 2 rings (SSSR count). The summed E-state index contributed by atoms with van der Waals surface area (Å²) in [6.07, 6.45) is 1.08. The van der Waals surface area contributed by atoms with E-state index in [9.17, 15) is 18.0 Å². The Bertz CT molecular complexity index is 883. The molecule has 0 saturated carbocycles. The summed E-state index contributed by atoms with van der Waals surface area (Å²) in [6.45, 7) is 6.35. The summed E-state index contributed by atoms with van der Waals surface area (Å²) in [7, 11) is -4.09. The maximum atomic E-state index is 12.3. The first kappa shape index (κ1) is 19.6. The Balaban J connectivity index is 2.23. The zero-order valence-corrected chi connectivity index (χ0v) is 15.9. The first-order chi connectivity index (χ1) is 12.2. The van der Waals surface area contributed by atoms with Gasteiger partial charge in [0.1, 0.15) is 6.54 Å². The molecule has 0 bridgehead atoms. The smallest absolute Gasteiger partial charge is 0.344 e. The molecular formula is C17H21N3O5S. The third-order valence-electron chi connectivity index (χ3n) is 3.75. The predicted octanol–water partition coefficient (Wildman–Crippen LogP) is 1.71. The molecule has 0 fully saturated rings. The molecule has 9 heteroatoms. The van der Waals surface area contributed by atoms with Crippen molar-refractivity contribution in [2.45, 2.75) is 27.7 Å². The second-order valence-electron chi connectivity index (χ2n) is 5.78. The fraction of sp³-hybridized carbons (Fsp3) is 0.353. The van der Waals surface area contributed by atoms with Crippen molar-refractivity contribution in [1.29, 1.82) is 0 Å². The Hall–Kier alpha value is -2.68. The predicted molar refractivity (Wildman–Crippen MR) is 98.0 cm³/mol. The van der Waals surface area contributed by atoms with Crippen LogP contribution in [0.4, 0.5) is 5.69 Å². The van der Waals surface area contributed by atoms with Gasteiger partial charge in [-0.15, -0.1) is 4.40 Å². The number of esters is 1. The topological polar surface area (TPSA) is 105 Å². The van der Waals surface area contributed by atoms with Gasteiger partial charge in [0.15, 0.2) is 0 Å². The molecule has 140 valence electrons. The Morgan fingerprint density at radius 1 is 1.19 bits per heavy atom. The SMILES string of the molecule is CCOC(=O)C1=CN(CC(=O)Nc2c(C)cccc2C)S(=O)(=O)N=C1C. The van der Waals surface area contributed by atoms with Crippen molar-refractivity contribution < 1.29 is 22.7 Å². The largest absolute Gasteiger partial charge is 0.462 e. The van der Waals surface area contributed by atoms with Crippen molar-refractivity contribution in [1.82, 2.24) is 4.31 Å². The number of amides is 1. The number of carbonyl (C=O) groups is 2. The van der Waals surface area contributed by atoms with Crippen LogP contribution in [0.25, 0.3) is 0 Å². The Morgan fingerprint density at radius 3 is 2.38 bits per heavy atom. The van der Waals surface area contributed by atoms with Crippen molar-refractivity contribution >= 4 is 33.5 Å². The molecule has 1 amide bonds. The molecule has 0 radical (unpaired) electrons. The monoisotopic (exact) mass is 379 g/mol. The van der Waals surface area contributed by atoms with Gasteiger partial charge < -0.3 is 10.1 Å². The summed E-state index contributed by atoms with van der Waals surface area (Å²) in [6, 6.07) is 5.54. The maximum absolute atomic E-state index is 12.3. The van der Waals surface area contributed by atoms with E-state index in [-0.39, 0.29) is 17.9 Å². The number of aryl methyl sites for hydroxylation is 2. The average Bonchev–Trinajstić information content (AvgIpc) is 2.53. The van der Waals surface area contributed by atoms with Crippen molar-refractivity contribution in [3.63, 3.8) is 0 Å². The van der Waals surface area contributed by atoms with Gasteiger partial charge in [0, 0.05) is 11.9 Å². The molecule has 0 spiro atoms. The van der Waals surface area contributed by atoms with E-state index in [1.165, 1.54) is 6.92 Å². The molecular weight excluding hydrogens is 358 g/mol. The van der Waals surface area contributed by atoms with Gasteiger partial charge in [-0.25, -0.2) is 9.10 Å². The van der Waals surface area contributed by atoms with Gasteiger partial charge in [-0.05, 0) is 38.8 Å². The van der Waals surface area contributed by atoms with E-state index >= 15 is 0 Å². The first-order valence-electron chi connectivity index (χ1n) is 7.99. The summed E-state index contributed by atoms with van der Waals surface area (Å²) >= 11 is 0. The van der Waals surface area contributed by atoms with Crippen LogP contribution in [0.15, 0.2) is 34.4 Å². The molecule has 1 aliphatic heterocycles. The lowest BCUT2D eigenvalue weighted by molar-refractivity contribution is -0.138. The Kier molecular flexibility index (Phi) is 5.81. The third-order valence-corrected chi connectivity index (χ3v) is 5.08. The second-order valence-corrected chi connectivity index (χ2v) is 7.33. The Labute approximate surface area is 152 Å². The lowest BCUT2D eigenvalue weighted by Gasteiger charge is -2.23. The number of anilines is 1. The van der Waals surface area contributed by atoms with Crippen LogP contribution in [-0.2, 0) is 24.5 Å². The Morgan fingerprint density at radius 2 is 1.81 bits per heavy atom. The number of hydrogen-bond acceptors (Lipinski definition) is 5. The number of nitrogens with one attached hydrogen (secondary N) is 1. The minimum absolute atomic E-state index is 0.00143. The van der Waals surface area contributed by atoms with Gasteiger partial charge in [-0.1, -0.05) is 18.2 Å². The van der Waals surface area contributed by atoms with Crippen molar-refractivity contribution in [2.75, 3.05) is 18.5 Å². The van der Waals surface area contributed by atoms with E-state index in [1.807, 2.05) is 32.0 Å². The summed E-state index contributed by atoms with van der Waals surface area (Å²) in [4.78, 5) is 24.3. The van der Waals surface area contributed by atoms with Gasteiger partial charge in [0.25, 0.3) is 0 Å². The summed E-state index contributed by atoms with van der Waals surface area (Å²) < 4.78 is 33.6. The van der Waals surface area contributed by atoms with Crippen LogP contribution < -0.4 is 5.32 Å². The molecule has 0 unspecified atom stereocenters. The van der Waals surface area contributed by atoms with E-state index in [0.717, 1.165) is 21.6 Å². The second kappa shape index (κ2) is 7.69. The van der Waals surface area contributed by atoms with Gasteiger partial charge in [-0.3, -0.25) is 4.79 Å². The zero-order valence-electron chi connectivity index (χ0n) is 15.1. The molecule has 0 aliphatic carbocycles. The fourth-order valence-corrected chi connectivity index (χ4v) is 3.52. The summed E-state index contributed by atoms with van der Waals surface area (Å²) in [5.74, 6) is -1.23. The highest BCUT2D eigenvalue weighted by Crippen LogP contribution is 2.21. The average molecular weight is 379 g/mol. The number of benzene rings is 1. The van der Waals surface area contributed by atoms with Crippen LogP contribution in [0, 0.1) is 13.8 Å². The van der Waals surface area contributed by atoms with E-state index in [0.29, 0.717) is 5.69 Å². The van der Waals surface area contributed by atoms with E-state index < -0.39 is 28.6 Å². The number of ether oxygens (including phenoxy) is 1. The number of carbonyl (C=O) groups excluding carboxylic acids is 2. The highest BCUT2D eigenvalue weighted by Gasteiger charge is 2.30. The molecule has 1 aromatic rings. The normalized spacial score (nSPS) is 15.8. The van der Waals surface area contributed by atoms with Crippen molar-refractivity contribution in [2.24, 2.45) is 4.40 Å². The van der Waals surface area contributed by atoms with Crippen LogP contribution in [-0.4, -0.2) is 43.5 Å². The number of nitrogens with zero attached hydrogens (tertiary/aromatic N) is 2. The molecule has 1 aliphatic rings. The maximum Gasteiger partial charge on any atom is 0.344 e. The highest BCUT2D eigenvalue weighted by atomic mass is 32.2. The molecule has 1 heterocycles. The third kappa shape index (κ3) is 4.29. The van der Waals surface area contributed by atoms with Crippen LogP contribution in [0.5, 0.6) is 0 Å². The van der Waals surface area contributed by atoms with E-state index in [4.69, 9.17) is 4.74 Å². The zero-order chi connectivity index (χ0) is 19.5. The lowest BCUT2D eigenvalue weighted by Crippen LogP contribution is -2.37. The van der Waals surface area contributed by atoms with Crippen molar-refractivity contribution in [3.05, 3.63) is 41.1 Å². The van der Waals surface area contributed by atoms with Gasteiger partial charge in [-0.2, -0.15) is 8.42 Å². The fourth-order valence-electron chi connectivity index (χ4n) is 2.45. The van der Waals surface area contributed by atoms with Crippen LogP contribution >= 0.6 is 0 Å². The summed E-state index contributed by atoms with van der Waals surface area (Å²) in [5.41, 5.74) is 2.37. The minimum atomic E-state index is -4.09. The van der Waals surface area contributed by atoms with E-state index in [1.54, 1.807) is 6.92 Å². The molecule has 8 nitrogen and oxygen atoms in total. The summed E-state index contributed by atoms with van der Waals surface area (Å²) in [5, 5.41) is 2.71. The van der Waals surface area contributed by atoms with Gasteiger partial charge >= 0.3 is 16.2 Å². The molecule has 1 N–H and O–H groups in total. The van der Waals surface area contributed by atoms with Gasteiger partial charge in [0.05, 0.1) is 17.9 Å². The molecule has 1 aromatic carbocycles. The highest BCUT2D eigenvalue weighted by molar-refractivity contribution is 7.88. The standard InChI is InChI=1S/C17H21N3O5S/c1-5-25-17(22)14-9-20(26(23,24)19-13(14)4)10-15(21)18-16-11(2)7-6-8-12(16)3/h6-9H,5,10H2,1-4H3,(H,18,21). The van der Waals surface area contributed by atoms with Crippen LogP contribution in [0.2, 0.25) is 0 Å². The van der Waals surface area contributed by atoms with E-state index in [2.05, 4.69) is 9.71 Å². The molecule has 0 atom stereocenters. The number of hydrogen-bond donors (Lipinski definition) is 1. The number of para-hydroxylation sites is 1. The number of rotatable bonds is 5. The quantitative estimate of drug-likeness (QED) is 0.784. The van der Waals surface area contributed by atoms with Crippen LogP contribution in [0.3, 0.4) is 0 Å². The first-order valence-corrected chi connectivity index (χ1v) is 9.39. The minimum Gasteiger partial charge on any atom is -0.462 e. The molecule has 0 saturated heterocycles. The molecule has 26 heavy (non-hydrogen) atoms. The van der Waals surface area contributed by atoms with Crippen LogP contribution in [0.1, 0.15) is 25.0 Å². The molecule has 0 aromatic heterocycles. The lowest BCUT2D eigenvalue weighted by atomic mass is 10.1.